The summed E-state index contributed by atoms with van der Waals surface area (Å²) >= 11 is 0. The van der Waals surface area contributed by atoms with Crippen LogP contribution in [0.2, 0.25) is 0 Å². The topological polar surface area (TPSA) is 26.0 Å². The van der Waals surface area contributed by atoms with Crippen LogP contribution < -0.4 is 5.73 Å². The Morgan fingerprint density at radius 2 is 2.07 bits per heavy atom. The van der Waals surface area contributed by atoms with Crippen molar-refractivity contribution < 1.29 is 4.39 Å². The van der Waals surface area contributed by atoms with E-state index in [1.54, 1.807) is 0 Å². The maximum atomic E-state index is 12.7. The van der Waals surface area contributed by atoms with E-state index in [0.717, 1.165) is 18.4 Å². The molecule has 2 unspecified atom stereocenters. The summed E-state index contributed by atoms with van der Waals surface area (Å²) in [5.41, 5.74) is 7.40. The molecule has 1 aromatic carbocycles. The summed E-state index contributed by atoms with van der Waals surface area (Å²) in [4.78, 5) is 0. The highest BCUT2D eigenvalue weighted by atomic mass is 19.1. The maximum Gasteiger partial charge on any atom is 0.123 e. The van der Waals surface area contributed by atoms with Crippen LogP contribution in [0.1, 0.15) is 31.7 Å². The molecule has 0 aromatic heterocycles. The minimum absolute atomic E-state index is 0.00611. The molecule has 2 N–H and O–H groups in total. The molecule has 1 aromatic rings. The van der Waals surface area contributed by atoms with Gasteiger partial charge in [0.1, 0.15) is 5.82 Å². The van der Waals surface area contributed by atoms with Gasteiger partial charge in [-0.2, -0.15) is 0 Å². The van der Waals surface area contributed by atoms with Crippen LogP contribution in [-0.4, -0.2) is 5.54 Å². The fraction of sp³-hybridized carbons (Fsp3) is 0.538. The first-order chi connectivity index (χ1) is 7.14. The molecule has 0 heterocycles. The van der Waals surface area contributed by atoms with E-state index < -0.39 is 0 Å². The highest BCUT2D eigenvalue weighted by molar-refractivity contribution is 5.23. The van der Waals surface area contributed by atoms with Crippen LogP contribution in [0.3, 0.4) is 0 Å². The lowest BCUT2D eigenvalue weighted by Gasteiger charge is -2.11. The molecule has 0 saturated heterocycles. The molecule has 2 rings (SSSR count). The first-order valence-electron chi connectivity index (χ1n) is 5.67. The molecule has 0 radical (unpaired) electrons. The van der Waals surface area contributed by atoms with E-state index in [1.165, 1.54) is 25.0 Å². The molecule has 2 atom stereocenters. The minimum Gasteiger partial charge on any atom is -0.325 e. The first-order valence-corrected chi connectivity index (χ1v) is 5.67. The number of hydrogen-bond acceptors (Lipinski definition) is 1. The zero-order chi connectivity index (χ0) is 10.9. The van der Waals surface area contributed by atoms with Gasteiger partial charge < -0.3 is 5.73 Å². The van der Waals surface area contributed by atoms with Crippen molar-refractivity contribution >= 4 is 0 Å². The van der Waals surface area contributed by atoms with Crippen molar-refractivity contribution in [3.05, 3.63) is 35.6 Å². The Labute approximate surface area is 90.5 Å². The predicted molar refractivity (Wildman–Crippen MR) is 60.0 cm³/mol. The summed E-state index contributed by atoms with van der Waals surface area (Å²) in [5, 5.41) is 0. The van der Waals surface area contributed by atoms with Crippen molar-refractivity contribution in [2.24, 2.45) is 11.7 Å². The molecule has 0 aliphatic heterocycles. The molecule has 15 heavy (non-hydrogen) atoms. The molecule has 0 bridgehead atoms. The van der Waals surface area contributed by atoms with Crippen LogP contribution in [0.15, 0.2) is 24.3 Å². The summed E-state index contributed by atoms with van der Waals surface area (Å²) in [7, 11) is 0. The van der Waals surface area contributed by atoms with Gasteiger partial charge in [-0.05, 0) is 42.9 Å². The van der Waals surface area contributed by atoms with Crippen molar-refractivity contribution in [3.8, 4) is 0 Å². The second-order valence-electron chi connectivity index (χ2n) is 4.73. The second-order valence-corrected chi connectivity index (χ2v) is 4.73. The van der Waals surface area contributed by atoms with Gasteiger partial charge in [-0.25, -0.2) is 4.39 Å². The quantitative estimate of drug-likeness (QED) is 0.807. The summed E-state index contributed by atoms with van der Waals surface area (Å²) in [5.74, 6) is 0.498. The first kappa shape index (κ1) is 10.6. The number of benzene rings is 1. The lowest BCUT2D eigenvalue weighted by atomic mass is 10.0. The van der Waals surface area contributed by atoms with Crippen LogP contribution in [0, 0.1) is 11.7 Å². The van der Waals surface area contributed by atoms with E-state index in [4.69, 9.17) is 5.73 Å². The third-order valence-corrected chi connectivity index (χ3v) is 3.36. The molecule has 1 saturated carbocycles. The van der Waals surface area contributed by atoms with Crippen LogP contribution in [-0.2, 0) is 6.42 Å². The Morgan fingerprint density at radius 3 is 2.67 bits per heavy atom. The normalized spacial score (nSPS) is 29.1. The molecule has 1 nitrogen and oxygen atoms in total. The van der Waals surface area contributed by atoms with Gasteiger partial charge in [0.25, 0.3) is 0 Å². The SMILES string of the molecule is CCCC1CC1(N)Cc1ccc(F)cc1. The Hall–Kier alpha value is -0.890. The van der Waals surface area contributed by atoms with Gasteiger partial charge >= 0.3 is 0 Å². The molecule has 1 aliphatic rings. The maximum absolute atomic E-state index is 12.7. The number of rotatable bonds is 4. The summed E-state index contributed by atoms with van der Waals surface area (Å²) in [6, 6.07) is 6.70. The van der Waals surface area contributed by atoms with Crippen molar-refractivity contribution in [3.63, 3.8) is 0 Å². The zero-order valence-corrected chi connectivity index (χ0v) is 9.17. The monoisotopic (exact) mass is 207 g/mol. The van der Waals surface area contributed by atoms with Gasteiger partial charge in [-0.3, -0.25) is 0 Å². The lowest BCUT2D eigenvalue weighted by molar-refractivity contribution is 0.555. The highest BCUT2D eigenvalue weighted by Gasteiger charge is 2.49. The van der Waals surface area contributed by atoms with E-state index >= 15 is 0 Å². The van der Waals surface area contributed by atoms with Crippen molar-refractivity contribution in [1.82, 2.24) is 0 Å². The standard InChI is InChI=1S/C13H18FN/c1-2-3-11-9-13(11,15)8-10-4-6-12(14)7-5-10/h4-7,11H,2-3,8-9,15H2,1H3. The van der Waals surface area contributed by atoms with Gasteiger partial charge in [0.15, 0.2) is 0 Å². The Balaban J connectivity index is 1.95. The molecular weight excluding hydrogens is 189 g/mol. The third kappa shape index (κ3) is 2.37. The van der Waals surface area contributed by atoms with Crippen molar-refractivity contribution in [2.45, 2.75) is 38.1 Å². The fourth-order valence-corrected chi connectivity index (χ4v) is 2.34. The summed E-state index contributed by atoms with van der Waals surface area (Å²) in [6.45, 7) is 2.19. The van der Waals surface area contributed by atoms with Crippen molar-refractivity contribution in [1.29, 1.82) is 0 Å². The smallest absolute Gasteiger partial charge is 0.123 e. The van der Waals surface area contributed by atoms with E-state index in [0.29, 0.717) is 5.92 Å². The average Bonchev–Trinajstić information content (AvgIpc) is 2.82. The van der Waals surface area contributed by atoms with E-state index in [2.05, 4.69) is 6.92 Å². The Bertz CT molecular complexity index is 333. The molecule has 1 aliphatic carbocycles. The third-order valence-electron chi connectivity index (χ3n) is 3.36. The number of hydrogen-bond donors (Lipinski definition) is 1. The summed E-state index contributed by atoms with van der Waals surface area (Å²) in [6.07, 6.45) is 4.43. The van der Waals surface area contributed by atoms with E-state index in [1.807, 2.05) is 12.1 Å². The van der Waals surface area contributed by atoms with Gasteiger partial charge in [0.2, 0.25) is 0 Å². The van der Waals surface area contributed by atoms with Gasteiger partial charge in [-0.15, -0.1) is 0 Å². The van der Waals surface area contributed by atoms with Crippen LogP contribution in [0.25, 0.3) is 0 Å². The van der Waals surface area contributed by atoms with Gasteiger partial charge in [-0.1, -0.05) is 25.5 Å². The fourth-order valence-electron chi connectivity index (χ4n) is 2.34. The predicted octanol–water partition coefficient (Wildman–Crippen LogP) is 2.89. The zero-order valence-electron chi connectivity index (χ0n) is 9.17. The number of halogens is 1. The molecule has 82 valence electrons. The average molecular weight is 207 g/mol. The van der Waals surface area contributed by atoms with E-state index in [-0.39, 0.29) is 11.4 Å². The van der Waals surface area contributed by atoms with Crippen LogP contribution >= 0.6 is 0 Å². The largest absolute Gasteiger partial charge is 0.325 e. The van der Waals surface area contributed by atoms with Gasteiger partial charge in [0, 0.05) is 5.54 Å². The molecule has 0 spiro atoms. The number of nitrogens with two attached hydrogens (primary N) is 1. The van der Waals surface area contributed by atoms with Crippen LogP contribution in [0.4, 0.5) is 4.39 Å². The van der Waals surface area contributed by atoms with Crippen LogP contribution in [0.5, 0.6) is 0 Å². The molecule has 2 heteroatoms. The highest BCUT2D eigenvalue weighted by Crippen LogP contribution is 2.46. The molecule has 0 amide bonds. The summed E-state index contributed by atoms with van der Waals surface area (Å²) < 4.78 is 12.7. The minimum atomic E-state index is -0.175. The Kier molecular flexibility index (Phi) is 2.79. The Morgan fingerprint density at radius 1 is 1.40 bits per heavy atom. The second kappa shape index (κ2) is 3.93. The molecule has 1 fully saturated rings. The van der Waals surface area contributed by atoms with Gasteiger partial charge in [0.05, 0.1) is 0 Å². The van der Waals surface area contributed by atoms with Crippen molar-refractivity contribution in [2.75, 3.05) is 0 Å². The lowest BCUT2D eigenvalue weighted by Crippen LogP contribution is -2.27. The van der Waals surface area contributed by atoms with E-state index in [9.17, 15) is 4.39 Å². The molecular formula is C13H18FN.